The number of hydrogen-bond acceptors (Lipinski definition) is 3. The Balaban J connectivity index is 2.16. The van der Waals surface area contributed by atoms with Gasteiger partial charge in [-0.05, 0) is 31.2 Å². The van der Waals surface area contributed by atoms with Crippen LogP contribution in [0.3, 0.4) is 0 Å². The lowest BCUT2D eigenvalue weighted by Crippen LogP contribution is -2.39. The van der Waals surface area contributed by atoms with Crippen molar-refractivity contribution in [2.45, 2.75) is 46.6 Å². The van der Waals surface area contributed by atoms with E-state index in [2.05, 4.69) is 29.8 Å². The minimum absolute atomic E-state index is 0.529. The van der Waals surface area contributed by atoms with E-state index in [-0.39, 0.29) is 0 Å². The van der Waals surface area contributed by atoms with Crippen LogP contribution in [-0.2, 0) is 6.54 Å². The number of piperidine rings is 1. The van der Waals surface area contributed by atoms with Gasteiger partial charge in [-0.3, -0.25) is 4.98 Å². The number of nitrogens with zero attached hydrogens (tertiary/aromatic N) is 2. The molecule has 2 N–H and O–H groups in total. The van der Waals surface area contributed by atoms with Gasteiger partial charge in [0.05, 0.1) is 0 Å². The predicted octanol–water partition coefficient (Wildman–Crippen LogP) is 2.87. The Hall–Kier alpha value is -1.09. The van der Waals surface area contributed by atoms with E-state index in [0.29, 0.717) is 12.0 Å². The fourth-order valence-electron chi connectivity index (χ4n) is 2.67. The molecule has 1 aliphatic heterocycles. The molecule has 100 valence electrons. The van der Waals surface area contributed by atoms with E-state index in [1.54, 1.807) is 0 Å². The number of aromatic nitrogens is 1. The van der Waals surface area contributed by atoms with Gasteiger partial charge in [-0.2, -0.15) is 0 Å². The van der Waals surface area contributed by atoms with Gasteiger partial charge >= 0.3 is 0 Å². The standard InChI is InChI=1S/C15H25N3/c1-4-15(3)5-7-18(8-6-15)14-9-12(2)17-11-13(14)10-16/h9,11H,4-8,10,16H2,1-3H3. The summed E-state index contributed by atoms with van der Waals surface area (Å²) in [6, 6.07) is 2.18. The summed E-state index contributed by atoms with van der Waals surface area (Å²) in [4.78, 5) is 6.82. The van der Waals surface area contributed by atoms with Crippen LogP contribution in [0.1, 0.15) is 44.4 Å². The minimum atomic E-state index is 0.529. The molecule has 2 heterocycles. The van der Waals surface area contributed by atoms with E-state index in [1.807, 2.05) is 13.1 Å². The minimum Gasteiger partial charge on any atom is -0.371 e. The maximum Gasteiger partial charge on any atom is 0.0445 e. The van der Waals surface area contributed by atoms with Gasteiger partial charge in [0.25, 0.3) is 0 Å². The third kappa shape index (κ3) is 2.66. The molecule has 1 aromatic rings. The summed E-state index contributed by atoms with van der Waals surface area (Å²) in [5, 5.41) is 0. The molecular formula is C15H25N3. The van der Waals surface area contributed by atoms with E-state index >= 15 is 0 Å². The Morgan fingerprint density at radius 3 is 2.61 bits per heavy atom. The first-order valence-electron chi connectivity index (χ1n) is 6.98. The quantitative estimate of drug-likeness (QED) is 0.893. The molecule has 0 atom stereocenters. The van der Waals surface area contributed by atoms with Gasteiger partial charge in [0.2, 0.25) is 0 Å². The summed E-state index contributed by atoms with van der Waals surface area (Å²) >= 11 is 0. The Morgan fingerprint density at radius 1 is 1.39 bits per heavy atom. The first-order valence-corrected chi connectivity index (χ1v) is 6.98. The molecule has 1 aromatic heterocycles. The van der Waals surface area contributed by atoms with E-state index < -0.39 is 0 Å². The van der Waals surface area contributed by atoms with Crippen LogP contribution >= 0.6 is 0 Å². The second-order valence-electron chi connectivity index (χ2n) is 5.81. The summed E-state index contributed by atoms with van der Waals surface area (Å²) < 4.78 is 0. The summed E-state index contributed by atoms with van der Waals surface area (Å²) in [6.07, 6.45) is 5.75. The number of rotatable bonds is 3. The first kappa shape index (κ1) is 13.3. The molecule has 0 aliphatic carbocycles. The molecule has 0 bridgehead atoms. The largest absolute Gasteiger partial charge is 0.371 e. The van der Waals surface area contributed by atoms with Crippen LogP contribution in [0.15, 0.2) is 12.3 Å². The summed E-state index contributed by atoms with van der Waals surface area (Å²) in [5.41, 5.74) is 9.89. The molecule has 0 radical (unpaired) electrons. The lowest BCUT2D eigenvalue weighted by molar-refractivity contribution is 0.238. The van der Waals surface area contributed by atoms with Gasteiger partial charge in [-0.1, -0.05) is 20.3 Å². The third-order valence-electron chi connectivity index (χ3n) is 4.48. The van der Waals surface area contributed by atoms with Crippen molar-refractivity contribution in [1.82, 2.24) is 4.98 Å². The number of aryl methyl sites for hydroxylation is 1. The molecular weight excluding hydrogens is 222 g/mol. The first-order chi connectivity index (χ1) is 8.58. The van der Waals surface area contributed by atoms with Crippen LogP contribution < -0.4 is 10.6 Å². The maximum absolute atomic E-state index is 5.82. The molecule has 2 rings (SSSR count). The van der Waals surface area contributed by atoms with Crippen LogP contribution in [0.5, 0.6) is 0 Å². The van der Waals surface area contributed by atoms with Crippen molar-refractivity contribution in [3.8, 4) is 0 Å². The SMILES string of the molecule is CCC1(C)CCN(c2cc(C)ncc2CN)CC1. The molecule has 0 aromatic carbocycles. The van der Waals surface area contributed by atoms with Crippen molar-refractivity contribution < 1.29 is 0 Å². The van der Waals surface area contributed by atoms with Crippen LogP contribution in [0.4, 0.5) is 5.69 Å². The number of hydrogen-bond donors (Lipinski definition) is 1. The van der Waals surface area contributed by atoms with Crippen molar-refractivity contribution >= 4 is 5.69 Å². The Labute approximate surface area is 110 Å². The van der Waals surface area contributed by atoms with E-state index in [4.69, 9.17) is 5.73 Å². The van der Waals surface area contributed by atoms with Crippen LogP contribution in [0, 0.1) is 12.3 Å². The van der Waals surface area contributed by atoms with Crippen molar-refractivity contribution in [1.29, 1.82) is 0 Å². The zero-order valence-electron chi connectivity index (χ0n) is 11.9. The average Bonchev–Trinajstić information content (AvgIpc) is 2.39. The molecule has 18 heavy (non-hydrogen) atoms. The third-order valence-corrected chi connectivity index (χ3v) is 4.48. The molecule has 3 nitrogen and oxygen atoms in total. The second-order valence-corrected chi connectivity index (χ2v) is 5.81. The molecule has 0 saturated carbocycles. The highest BCUT2D eigenvalue weighted by molar-refractivity contribution is 5.54. The zero-order valence-corrected chi connectivity index (χ0v) is 11.9. The van der Waals surface area contributed by atoms with Gasteiger partial charge in [0.1, 0.15) is 0 Å². The Bertz CT molecular complexity index is 406. The van der Waals surface area contributed by atoms with E-state index in [1.165, 1.54) is 30.5 Å². The van der Waals surface area contributed by atoms with Crippen molar-refractivity contribution in [3.05, 3.63) is 23.5 Å². The fourth-order valence-corrected chi connectivity index (χ4v) is 2.67. The summed E-state index contributed by atoms with van der Waals surface area (Å²) in [6.45, 7) is 9.61. The summed E-state index contributed by atoms with van der Waals surface area (Å²) in [5.74, 6) is 0. The predicted molar refractivity (Wildman–Crippen MR) is 76.7 cm³/mol. The number of nitrogens with two attached hydrogens (primary N) is 1. The molecule has 3 heteroatoms. The van der Waals surface area contributed by atoms with Crippen molar-refractivity contribution in [2.75, 3.05) is 18.0 Å². The van der Waals surface area contributed by atoms with Crippen molar-refractivity contribution in [3.63, 3.8) is 0 Å². The summed E-state index contributed by atoms with van der Waals surface area (Å²) in [7, 11) is 0. The van der Waals surface area contributed by atoms with Gasteiger partial charge in [0.15, 0.2) is 0 Å². The molecule has 0 unspecified atom stereocenters. The smallest absolute Gasteiger partial charge is 0.0445 e. The van der Waals surface area contributed by atoms with Gasteiger partial charge in [0, 0.05) is 42.8 Å². The Morgan fingerprint density at radius 2 is 2.06 bits per heavy atom. The number of pyridine rings is 1. The lowest BCUT2D eigenvalue weighted by Gasteiger charge is -2.40. The zero-order chi connectivity index (χ0) is 13.2. The maximum atomic E-state index is 5.82. The van der Waals surface area contributed by atoms with Crippen LogP contribution in [0.2, 0.25) is 0 Å². The second kappa shape index (κ2) is 5.27. The van der Waals surface area contributed by atoms with Gasteiger partial charge < -0.3 is 10.6 Å². The topological polar surface area (TPSA) is 42.2 Å². The van der Waals surface area contributed by atoms with Gasteiger partial charge in [-0.15, -0.1) is 0 Å². The fraction of sp³-hybridized carbons (Fsp3) is 0.667. The highest BCUT2D eigenvalue weighted by Crippen LogP contribution is 2.36. The lowest BCUT2D eigenvalue weighted by atomic mass is 9.78. The van der Waals surface area contributed by atoms with Crippen LogP contribution in [0.25, 0.3) is 0 Å². The van der Waals surface area contributed by atoms with E-state index in [0.717, 1.165) is 18.8 Å². The molecule has 1 aliphatic rings. The molecule has 0 spiro atoms. The number of anilines is 1. The van der Waals surface area contributed by atoms with Gasteiger partial charge in [-0.25, -0.2) is 0 Å². The highest BCUT2D eigenvalue weighted by atomic mass is 15.1. The van der Waals surface area contributed by atoms with Crippen LogP contribution in [-0.4, -0.2) is 18.1 Å². The van der Waals surface area contributed by atoms with E-state index in [9.17, 15) is 0 Å². The Kier molecular flexibility index (Phi) is 3.91. The van der Waals surface area contributed by atoms with Crippen molar-refractivity contribution in [2.24, 2.45) is 11.1 Å². The highest BCUT2D eigenvalue weighted by Gasteiger charge is 2.28. The monoisotopic (exact) mass is 247 g/mol. The molecule has 1 fully saturated rings. The molecule has 0 amide bonds. The molecule has 1 saturated heterocycles. The average molecular weight is 247 g/mol. The normalized spacial score (nSPS) is 19.0.